The molecule has 4 heteroatoms. The summed E-state index contributed by atoms with van der Waals surface area (Å²) in [4.78, 5) is 0. The van der Waals surface area contributed by atoms with Crippen molar-refractivity contribution in [2.45, 2.75) is 31.6 Å². The summed E-state index contributed by atoms with van der Waals surface area (Å²) in [5.41, 5.74) is 3.88. The van der Waals surface area contributed by atoms with Gasteiger partial charge in [-0.05, 0) is 71.7 Å². The van der Waals surface area contributed by atoms with E-state index in [9.17, 15) is 20.4 Å². The van der Waals surface area contributed by atoms with E-state index in [1.807, 2.05) is 0 Å². The molecule has 4 N–H and O–H groups in total. The Morgan fingerprint density at radius 2 is 1.32 bits per heavy atom. The van der Waals surface area contributed by atoms with Gasteiger partial charge in [-0.15, -0.1) is 0 Å². The van der Waals surface area contributed by atoms with Gasteiger partial charge in [0.05, 0.1) is 0 Å². The molecule has 22 heavy (non-hydrogen) atoms. The minimum atomic E-state index is -0.263. The van der Waals surface area contributed by atoms with Crippen LogP contribution in [0.5, 0.6) is 23.0 Å². The van der Waals surface area contributed by atoms with Gasteiger partial charge in [-0.3, -0.25) is 0 Å². The molecule has 4 rings (SSSR count). The van der Waals surface area contributed by atoms with Crippen LogP contribution in [0.2, 0.25) is 0 Å². The molecular weight excluding hydrogens is 280 g/mol. The maximum absolute atomic E-state index is 9.92. The van der Waals surface area contributed by atoms with E-state index in [1.165, 1.54) is 0 Å². The van der Waals surface area contributed by atoms with Gasteiger partial charge >= 0.3 is 0 Å². The maximum atomic E-state index is 9.92. The number of fused-ring (bicyclic) bond motifs is 4. The van der Waals surface area contributed by atoms with Gasteiger partial charge in [0.1, 0.15) is 0 Å². The first-order chi connectivity index (χ1) is 10.4. The average molecular weight is 298 g/mol. The third-order valence-electron chi connectivity index (χ3n) is 5.52. The van der Waals surface area contributed by atoms with Crippen LogP contribution in [0.3, 0.4) is 0 Å². The lowest BCUT2D eigenvalue weighted by Crippen LogP contribution is -2.28. The molecule has 0 saturated heterocycles. The zero-order chi connectivity index (χ0) is 15.6. The summed E-state index contributed by atoms with van der Waals surface area (Å²) in [6, 6.07) is 6.61. The molecule has 2 aromatic rings. The van der Waals surface area contributed by atoms with Gasteiger partial charge in [0, 0.05) is 5.41 Å². The van der Waals surface area contributed by atoms with E-state index in [1.54, 1.807) is 24.3 Å². The molecule has 0 heterocycles. The normalized spacial score (nSPS) is 25.4. The minimum Gasteiger partial charge on any atom is -0.504 e. The van der Waals surface area contributed by atoms with Gasteiger partial charge in [-0.2, -0.15) is 0 Å². The highest BCUT2D eigenvalue weighted by Crippen LogP contribution is 2.57. The molecule has 0 aliphatic heterocycles. The Labute approximate surface area is 128 Å². The minimum absolute atomic E-state index is 0.0878. The molecule has 0 amide bonds. The van der Waals surface area contributed by atoms with E-state index in [0.29, 0.717) is 5.92 Å². The Kier molecular flexibility index (Phi) is 2.48. The molecule has 0 aromatic heterocycles. The second-order valence-corrected chi connectivity index (χ2v) is 6.57. The zero-order valence-electron chi connectivity index (χ0n) is 12.3. The molecular formula is C18H18O4. The first-order valence-corrected chi connectivity index (χ1v) is 7.54. The van der Waals surface area contributed by atoms with E-state index < -0.39 is 0 Å². The fraction of sp³-hybridized carbons (Fsp3) is 0.333. The van der Waals surface area contributed by atoms with Crippen molar-refractivity contribution in [2.75, 3.05) is 0 Å². The SMILES string of the molecule is CC1Cc2cc(O)c(O)cc2C12CCc1cc(O)c(O)cc12. The largest absolute Gasteiger partial charge is 0.504 e. The fourth-order valence-electron chi connectivity index (χ4n) is 4.47. The first kappa shape index (κ1) is 13.3. The zero-order valence-corrected chi connectivity index (χ0v) is 12.3. The highest BCUT2D eigenvalue weighted by atomic mass is 16.3. The summed E-state index contributed by atoms with van der Waals surface area (Å²) >= 11 is 0. The molecule has 114 valence electrons. The van der Waals surface area contributed by atoms with E-state index in [0.717, 1.165) is 41.5 Å². The van der Waals surface area contributed by atoms with Gasteiger partial charge in [0.2, 0.25) is 0 Å². The molecule has 2 unspecified atom stereocenters. The molecule has 2 aliphatic rings. The van der Waals surface area contributed by atoms with Crippen molar-refractivity contribution in [1.82, 2.24) is 0 Å². The number of aromatic hydroxyl groups is 4. The molecule has 2 atom stereocenters. The van der Waals surface area contributed by atoms with Gasteiger partial charge in [0.25, 0.3) is 0 Å². The molecule has 0 saturated carbocycles. The third kappa shape index (κ3) is 1.47. The molecule has 2 aromatic carbocycles. The highest BCUT2D eigenvalue weighted by Gasteiger charge is 2.50. The van der Waals surface area contributed by atoms with Crippen molar-refractivity contribution >= 4 is 0 Å². The van der Waals surface area contributed by atoms with Crippen LogP contribution >= 0.6 is 0 Å². The van der Waals surface area contributed by atoms with Gasteiger partial charge in [-0.25, -0.2) is 0 Å². The van der Waals surface area contributed by atoms with Crippen molar-refractivity contribution in [3.8, 4) is 23.0 Å². The van der Waals surface area contributed by atoms with Crippen LogP contribution in [-0.4, -0.2) is 20.4 Å². The molecule has 0 bridgehead atoms. The van der Waals surface area contributed by atoms with Crippen molar-refractivity contribution in [2.24, 2.45) is 5.92 Å². The highest BCUT2D eigenvalue weighted by molar-refractivity contribution is 5.61. The lowest BCUT2D eigenvalue weighted by atomic mass is 9.71. The number of phenolic OH excluding ortho intramolecular Hbond substituents is 4. The first-order valence-electron chi connectivity index (χ1n) is 7.54. The quantitative estimate of drug-likeness (QED) is 0.564. The van der Waals surface area contributed by atoms with Crippen molar-refractivity contribution in [1.29, 1.82) is 0 Å². The van der Waals surface area contributed by atoms with Crippen LogP contribution in [0, 0.1) is 5.92 Å². The second-order valence-electron chi connectivity index (χ2n) is 6.57. The summed E-state index contributed by atoms with van der Waals surface area (Å²) in [5.74, 6) is -0.0914. The van der Waals surface area contributed by atoms with E-state index in [2.05, 4.69) is 6.92 Å². The monoisotopic (exact) mass is 298 g/mol. The van der Waals surface area contributed by atoms with Crippen LogP contribution < -0.4 is 0 Å². The van der Waals surface area contributed by atoms with Crippen molar-refractivity contribution < 1.29 is 20.4 Å². The summed E-state index contributed by atoms with van der Waals surface area (Å²) in [6.07, 6.45) is 2.53. The number of benzene rings is 2. The molecule has 0 radical (unpaired) electrons. The standard InChI is InChI=1S/C18H18O4/c1-9-4-11-6-15(20)17(22)8-13(11)18(9)3-2-10-5-14(19)16(21)7-12(10)18/h5-9,19-22H,2-4H2,1H3. The Morgan fingerprint density at radius 3 is 1.95 bits per heavy atom. The summed E-state index contributed by atoms with van der Waals surface area (Å²) in [7, 11) is 0. The van der Waals surface area contributed by atoms with Crippen LogP contribution in [0.1, 0.15) is 35.6 Å². The summed E-state index contributed by atoms with van der Waals surface area (Å²) in [6.45, 7) is 2.16. The van der Waals surface area contributed by atoms with Gasteiger partial charge < -0.3 is 20.4 Å². The van der Waals surface area contributed by atoms with E-state index in [-0.39, 0.29) is 28.4 Å². The number of rotatable bonds is 0. The summed E-state index contributed by atoms with van der Waals surface area (Å²) < 4.78 is 0. The Hall–Kier alpha value is -2.36. The van der Waals surface area contributed by atoms with Crippen molar-refractivity contribution in [3.05, 3.63) is 46.5 Å². The topological polar surface area (TPSA) is 80.9 Å². The second kappa shape index (κ2) is 4.09. The van der Waals surface area contributed by atoms with Gasteiger partial charge in [-0.1, -0.05) is 6.92 Å². The van der Waals surface area contributed by atoms with Crippen LogP contribution in [-0.2, 0) is 18.3 Å². The molecule has 1 spiro atoms. The average Bonchev–Trinajstić information content (AvgIpc) is 2.94. The number of phenols is 4. The smallest absolute Gasteiger partial charge is 0.157 e. The molecule has 2 aliphatic carbocycles. The maximum Gasteiger partial charge on any atom is 0.157 e. The molecule has 4 nitrogen and oxygen atoms in total. The van der Waals surface area contributed by atoms with E-state index in [4.69, 9.17) is 0 Å². The number of aryl methyl sites for hydroxylation is 1. The van der Waals surface area contributed by atoms with Crippen LogP contribution in [0.25, 0.3) is 0 Å². The van der Waals surface area contributed by atoms with Crippen LogP contribution in [0.15, 0.2) is 24.3 Å². The predicted octanol–water partition coefficient (Wildman–Crippen LogP) is 2.93. The van der Waals surface area contributed by atoms with E-state index >= 15 is 0 Å². The lowest BCUT2D eigenvalue weighted by molar-refractivity contribution is 0.369. The Bertz CT molecular complexity index is 780. The summed E-state index contributed by atoms with van der Waals surface area (Å²) in [5, 5.41) is 39.3. The van der Waals surface area contributed by atoms with Gasteiger partial charge in [0.15, 0.2) is 23.0 Å². The number of hydrogen-bond acceptors (Lipinski definition) is 4. The van der Waals surface area contributed by atoms with Crippen molar-refractivity contribution in [3.63, 3.8) is 0 Å². The van der Waals surface area contributed by atoms with Crippen LogP contribution in [0.4, 0.5) is 0 Å². The Balaban J connectivity index is 2.00. The number of hydrogen-bond donors (Lipinski definition) is 4. The molecule has 0 fully saturated rings. The third-order valence-corrected chi connectivity index (χ3v) is 5.52. The predicted molar refractivity (Wildman–Crippen MR) is 81.5 cm³/mol. The fourth-order valence-corrected chi connectivity index (χ4v) is 4.47. The lowest BCUT2D eigenvalue weighted by Gasteiger charge is -2.32. The Morgan fingerprint density at radius 1 is 0.818 bits per heavy atom.